The molecule has 0 spiro atoms. The van der Waals surface area contributed by atoms with Crippen molar-refractivity contribution in [2.45, 2.75) is 18.8 Å². The summed E-state index contributed by atoms with van der Waals surface area (Å²) in [5, 5.41) is 2.23. The van der Waals surface area contributed by atoms with E-state index in [1.54, 1.807) is 0 Å². The standard InChI is InChI=1S/C8H13F3N2O3/c1-7(12-2,5(14)13(3)4)16-6(15)8(9,10)11/h12H,1-4H3/t7-/m1/s1. The number of amides is 1. The van der Waals surface area contributed by atoms with Gasteiger partial charge >= 0.3 is 12.1 Å². The Morgan fingerprint density at radius 3 is 1.94 bits per heavy atom. The molecule has 0 aliphatic carbocycles. The molecule has 1 atom stereocenters. The van der Waals surface area contributed by atoms with Crippen LogP contribution in [0.15, 0.2) is 0 Å². The van der Waals surface area contributed by atoms with E-state index in [2.05, 4.69) is 10.1 Å². The first-order valence-corrected chi connectivity index (χ1v) is 4.25. The van der Waals surface area contributed by atoms with Crippen LogP contribution in [0.5, 0.6) is 0 Å². The monoisotopic (exact) mass is 242 g/mol. The highest BCUT2D eigenvalue weighted by atomic mass is 19.4. The Morgan fingerprint density at radius 2 is 1.69 bits per heavy atom. The summed E-state index contributed by atoms with van der Waals surface area (Å²) in [6.45, 7) is 1.04. The molecule has 0 saturated heterocycles. The molecular weight excluding hydrogens is 229 g/mol. The van der Waals surface area contributed by atoms with Crippen molar-refractivity contribution in [3.63, 3.8) is 0 Å². The lowest BCUT2D eigenvalue weighted by Crippen LogP contribution is -2.57. The first-order chi connectivity index (χ1) is 7.04. The predicted molar refractivity (Wildman–Crippen MR) is 48.3 cm³/mol. The van der Waals surface area contributed by atoms with Gasteiger partial charge in [0.25, 0.3) is 5.91 Å². The maximum atomic E-state index is 12.0. The molecule has 0 unspecified atom stereocenters. The average Bonchev–Trinajstić information content (AvgIpc) is 2.14. The second-order valence-corrected chi connectivity index (χ2v) is 3.37. The van der Waals surface area contributed by atoms with Gasteiger partial charge in [-0.05, 0) is 14.0 Å². The van der Waals surface area contributed by atoms with Crippen molar-refractivity contribution in [1.82, 2.24) is 10.2 Å². The van der Waals surface area contributed by atoms with E-state index in [1.165, 1.54) is 21.1 Å². The number of ether oxygens (including phenoxy) is 1. The minimum atomic E-state index is -5.13. The minimum Gasteiger partial charge on any atom is -0.428 e. The fourth-order valence-electron chi connectivity index (χ4n) is 0.872. The molecule has 94 valence electrons. The third-order valence-electron chi connectivity index (χ3n) is 1.82. The molecule has 8 heteroatoms. The summed E-state index contributed by atoms with van der Waals surface area (Å²) < 4.78 is 40.0. The molecule has 0 radical (unpaired) electrons. The van der Waals surface area contributed by atoms with Crippen LogP contribution in [0.2, 0.25) is 0 Å². The van der Waals surface area contributed by atoms with Gasteiger partial charge < -0.3 is 9.64 Å². The van der Waals surface area contributed by atoms with E-state index in [0.29, 0.717) is 0 Å². The molecule has 0 rings (SSSR count). The third kappa shape index (κ3) is 3.37. The molecule has 0 aliphatic rings. The molecule has 0 fully saturated rings. The number of rotatable bonds is 3. The van der Waals surface area contributed by atoms with E-state index in [1.807, 2.05) is 0 Å². The molecule has 0 saturated carbocycles. The Bertz CT molecular complexity index is 291. The van der Waals surface area contributed by atoms with Crippen LogP contribution in [0.25, 0.3) is 0 Å². The Morgan fingerprint density at radius 1 is 1.25 bits per heavy atom. The Kier molecular flexibility index (Phi) is 4.30. The van der Waals surface area contributed by atoms with Gasteiger partial charge in [-0.1, -0.05) is 0 Å². The van der Waals surface area contributed by atoms with Gasteiger partial charge in [0.1, 0.15) is 0 Å². The number of carbonyl (C=O) groups excluding carboxylic acids is 2. The SMILES string of the molecule is CN[C@](C)(OC(=O)C(F)(F)F)C(=O)N(C)C. The van der Waals surface area contributed by atoms with Crippen LogP contribution in [0.4, 0.5) is 13.2 Å². The van der Waals surface area contributed by atoms with Crippen LogP contribution in [0.3, 0.4) is 0 Å². The molecule has 0 aromatic rings. The van der Waals surface area contributed by atoms with E-state index < -0.39 is 23.8 Å². The molecule has 1 N–H and O–H groups in total. The minimum absolute atomic E-state index is 0.799. The molecule has 0 bridgehead atoms. The fourth-order valence-corrected chi connectivity index (χ4v) is 0.872. The van der Waals surface area contributed by atoms with Gasteiger partial charge in [-0.2, -0.15) is 13.2 Å². The molecule has 5 nitrogen and oxygen atoms in total. The zero-order valence-electron chi connectivity index (χ0n) is 9.31. The van der Waals surface area contributed by atoms with E-state index in [0.717, 1.165) is 11.8 Å². The molecule has 16 heavy (non-hydrogen) atoms. The van der Waals surface area contributed by atoms with E-state index in [-0.39, 0.29) is 0 Å². The smallest absolute Gasteiger partial charge is 0.428 e. The largest absolute Gasteiger partial charge is 0.491 e. The third-order valence-corrected chi connectivity index (χ3v) is 1.82. The van der Waals surface area contributed by atoms with Crippen molar-refractivity contribution in [2.75, 3.05) is 21.1 Å². The van der Waals surface area contributed by atoms with Gasteiger partial charge in [-0.3, -0.25) is 10.1 Å². The van der Waals surface area contributed by atoms with Crippen LogP contribution < -0.4 is 5.32 Å². The van der Waals surface area contributed by atoms with Crippen LogP contribution in [0.1, 0.15) is 6.92 Å². The highest BCUT2D eigenvalue weighted by Crippen LogP contribution is 2.20. The number of hydrogen-bond acceptors (Lipinski definition) is 4. The van der Waals surface area contributed by atoms with Gasteiger partial charge in [0.15, 0.2) is 0 Å². The Hall–Kier alpha value is -1.31. The highest BCUT2D eigenvalue weighted by molar-refractivity contribution is 5.87. The second-order valence-electron chi connectivity index (χ2n) is 3.37. The summed E-state index contributed by atoms with van der Waals surface area (Å²) in [5.41, 5.74) is -2.03. The van der Waals surface area contributed by atoms with Crippen LogP contribution in [-0.2, 0) is 14.3 Å². The molecule has 0 aromatic heterocycles. The maximum absolute atomic E-state index is 12.0. The summed E-state index contributed by atoms with van der Waals surface area (Å²) in [7, 11) is 3.88. The van der Waals surface area contributed by atoms with Crippen molar-refractivity contribution in [1.29, 1.82) is 0 Å². The van der Waals surface area contributed by atoms with Gasteiger partial charge in [-0.25, -0.2) is 4.79 Å². The topological polar surface area (TPSA) is 58.6 Å². The normalized spacial score (nSPS) is 15.2. The van der Waals surface area contributed by atoms with Crippen molar-refractivity contribution >= 4 is 11.9 Å². The number of hydrogen-bond donors (Lipinski definition) is 1. The average molecular weight is 242 g/mol. The van der Waals surface area contributed by atoms with Crippen molar-refractivity contribution in [2.24, 2.45) is 0 Å². The predicted octanol–water partition coefficient (Wildman–Crippen LogP) is 0.116. The van der Waals surface area contributed by atoms with Crippen molar-refractivity contribution in [3.8, 4) is 0 Å². The molecule has 0 aliphatic heterocycles. The lowest BCUT2D eigenvalue weighted by molar-refractivity contribution is -0.216. The Labute approximate surface area is 90.5 Å². The van der Waals surface area contributed by atoms with E-state index in [4.69, 9.17) is 0 Å². The van der Waals surface area contributed by atoms with Gasteiger partial charge in [0.05, 0.1) is 0 Å². The maximum Gasteiger partial charge on any atom is 0.491 e. The van der Waals surface area contributed by atoms with Crippen molar-refractivity contribution in [3.05, 3.63) is 0 Å². The lowest BCUT2D eigenvalue weighted by atomic mass is 10.2. The summed E-state index contributed by atoms with van der Waals surface area (Å²) in [5.74, 6) is -3.22. The van der Waals surface area contributed by atoms with Gasteiger partial charge in [-0.15, -0.1) is 0 Å². The fraction of sp³-hybridized carbons (Fsp3) is 0.750. The number of nitrogens with zero attached hydrogens (tertiary/aromatic N) is 1. The van der Waals surface area contributed by atoms with Crippen molar-refractivity contribution < 1.29 is 27.5 Å². The summed E-state index contributed by atoms with van der Waals surface area (Å²) in [4.78, 5) is 23.1. The van der Waals surface area contributed by atoms with Crippen LogP contribution >= 0.6 is 0 Å². The van der Waals surface area contributed by atoms with E-state index in [9.17, 15) is 22.8 Å². The number of likely N-dealkylation sites (N-methyl/N-ethyl adjacent to an activating group) is 2. The first-order valence-electron chi connectivity index (χ1n) is 4.25. The van der Waals surface area contributed by atoms with Crippen LogP contribution in [0, 0.1) is 0 Å². The zero-order valence-corrected chi connectivity index (χ0v) is 9.31. The summed E-state index contributed by atoms with van der Waals surface area (Å²) >= 11 is 0. The number of nitrogens with one attached hydrogen (secondary N) is 1. The lowest BCUT2D eigenvalue weighted by Gasteiger charge is -2.30. The van der Waals surface area contributed by atoms with Crippen LogP contribution in [-0.4, -0.2) is 49.8 Å². The van der Waals surface area contributed by atoms with Gasteiger partial charge in [0.2, 0.25) is 5.72 Å². The molecule has 0 heterocycles. The number of alkyl halides is 3. The summed E-state index contributed by atoms with van der Waals surface area (Å²) in [6, 6.07) is 0. The van der Waals surface area contributed by atoms with E-state index >= 15 is 0 Å². The number of esters is 1. The molecular formula is C8H13F3N2O3. The molecule has 0 aromatic carbocycles. The first kappa shape index (κ1) is 14.7. The highest BCUT2D eigenvalue weighted by Gasteiger charge is 2.47. The quantitative estimate of drug-likeness (QED) is 0.564. The Balaban J connectivity index is 4.88. The number of halogens is 3. The van der Waals surface area contributed by atoms with Gasteiger partial charge in [0, 0.05) is 14.1 Å². The zero-order chi connectivity index (χ0) is 13.1. The summed E-state index contributed by atoms with van der Waals surface area (Å²) in [6.07, 6.45) is -5.13. The second kappa shape index (κ2) is 4.69. The number of carbonyl (C=O) groups is 2. The molecule has 1 amide bonds.